The number of nitrogens with zero attached hydrogens (tertiary/aromatic N) is 2. The van der Waals surface area contributed by atoms with Gasteiger partial charge in [-0.05, 0) is 50.1 Å². The number of hydrogen-bond acceptors (Lipinski definition) is 4. The molecule has 0 saturated carbocycles. The molecule has 1 unspecified atom stereocenters. The van der Waals surface area contributed by atoms with Gasteiger partial charge in [0.1, 0.15) is 5.60 Å². The molecule has 1 N–H and O–H groups in total. The highest BCUT2D eigenvalue weighted by Crippen LogP contribution is 2.44. The van der Waals surface area contributed by atoms with E-state index in [4.69, 9.17) is 21.1 Å². The molecule has 0 aromatic heterocycles. The first-order valence-electron chi connectivity index (χ1n) is 11.9. The molecule has 6 nitrogen and oxygen atoms in total. The van der Waals surface area contributed by atoms with Crippen molar-refractivity contribution in [1.82, 2.24) is 5.01 Å². The second-order valence-corrected chi connectivity index (χ2v) is 10.3. The molecule has 0 fully saturated rings. The van der Waals surface area contributed by atoms with Crippen LogP contribution in [0.3, 0.4) is 0 Å². The first-order chi connectivity index (χ1) is 17.6. The molecule has 9 heteroatoms. The fraction of sp³-hybridized carbons (Fsp3) is 0.286. The van der Waals surface area contributed by atoms with Crippen LogP contribution < -0.4 is 14.8 Å². The Morgan fingerprint density at radius 2 is 1.86 bits per heavy atom. The van der Waals surface area contributed by atoms with Gasteiger partial charge in [-0.2, -0.15) is 13.9 Å². The Kier molecular flexibility index (Phi) is 6.54. The van der Waals surface area contributed by atoms with Crippen molar-refractivity contribution < 1.29 is 23.0 Å². The maximum Gasteiger partial charge on any atom is 0.387 e. The van der Waals surface area contributed by atoms with E-state index < -0.39 is 18.2 Å². The van der Waals surface area contributed by atoms with Gasteiger partial charge in [-0.15, -0.1) is 0 Å². The zero-order valence-corrected chi connectivity index (χ0v) is 21.4. The second kappa shape index (κ2) is 9.67. The van der Waals surface area contributed by atoms with Crippen LogP contribution in [0.4, 0.5) is 19.3 Å². The summed E-state index contributed by atoms with van der Waals surface area (Å²) in [6.45, 7) is 3.01. The third kappa shape index (κ3) is 5.39. The molecule has 2 aliphatic heterocycles. The number of nitrogens with one attached hydrogen (secondary N) is 1. The van der Waals surface area contributed by atoms with Crippen LogP contribution in [0.15, 0.2) is 65.8 Å². The highest BCUT2D eigenvalue weighted by atomic mass is 35.5. The van der Waals surface area contributed by atoms with Gasteiger partial charge < -0.3 is 14.8 Å². The summed E-state index contributed by atoms with van der Waals surface area (Å²) in [4.78, 5) is 13.3. The van der Waals surface area contributed by atoms with Crippen molar-refractivity contribution in [1.29, 1.82) is 0 Å². The van der Waals surface area contributed by atoms with E-state index >= 15 is 0 Å². The number of anilines is 1. The summed E-state index contributed by atoms with van der Waals surface area (Å²) in [7, 11) is 0. The monoisotopic (exact) mass is 525 g/mol. The number of aryl methyl sites for hydroxylation is 1. The Labute approximate surface area is 218 Å². The molecule has 2 amide bonds. The Balaban J connectivity index is 1.43. The molecule has 0 saturated heterocycles. The van der Waals surface area contributed by atoms with Gasteiger partial charge in [0.25, 0.3) is 0 Å². The van der Waals surface area contributed by atoms with Crippen LogP contribution >= 0.6 is 11.6 Å². The number of carbonyl (C=O) groups excluding carboxylic acids is 1. The predicted molar refractivity (Wildman–Crippen MR) is 139 cm³/mol. The molecule has 2 aliphatic rings. The molecular weight excluding hydrogens is 500 g/mol. The zero-order valence-electron chi connectivity index (χ0n) is 20.6. The topological polar surface area (TPSA) is 63.2 Å². The average molecular weight is 526 g/mol. The summed E-state index contributed by atoms with van der Waals surface area (Å²) in [6, 6.07) is 18.0. The van der Waals surface area contributed by atoms with Gasteiger partial charge in [0.05, 0.1) is 12.3 Å². The lowest BCUT2D eigenvalue weighted by Crippen LogP contribution is -2.30. The fourth-order valence-electron chi connectivity index (χ4n) is 4.69. The van der Waals surface area contributed by atoms with Gasteiger partial charge in [-0.1, -0.05) is 53.6 Å². The van der Waals surface area contributed by atoms with Crippen LogP contribution in [0.25, 0.3) is 0 Å². The average Bonchev–Trinajstić information content (AvgIpc) is 3.40. The molecule has 192 valence electrons. The molecule has 5 rings (SSSR count). The summed E-state index contributed by atoms with van der Waals surface area (Å²) in [6.07, 6.45) is 0.490. The largest absolute Gasteiger partial charge is 0.483 e. The highest BCUT2D eigenvalue weighted by Gasteiger charge is 2.35. The predicted octanol–water partition coefficient (Wildman–Crippen LogP) is 7.00. The van der Waals surface area contributed by atoms with E-state index in [9.17, 15) is 13.6 Å². The SMILES string of the molecule is Cc1ccc(C2=NN(C(=O)Nc3cc4c(c(OC(F)F)c3)OC(C)(C)C4)CC2c2ccc(Cl)cc2)cc1. The molecule has 0 bridgehead atoms. The number of fused-ring (bicyclic) bond motifs is 1. The molecular formula is C28H26ClF2N3O3. The minimum Gasteiger partial charge on any atom is -0.483 e. The van der Waals surface area contributed by atoms with E-state index in [1.54, 1.807) is 6.07 Å². The minimum absolute atomic E-state index is 0.113. The van der Waals surface area contributed by atoms with E-state index in [1.807, 2.05) is 69.3 Å². The van der Waals surface area contributed by atoms with Crippen molar-refractivity contribution in [2.24, 2.45) is 5.10 Å². The van der Waals surface area contributed by atoms with Gasteiger partial charge in [0.15, 0.2) is 11.5 Å². The number of urea groups is 1. The number of rotatable bonds is 5. The number of hydrazone groups is 1. The minimum atomic E-state index is -3.03. The summed E-state index contributed by atoms with van der Waals surface area (Å²) in [5.74, 6) is -0.0118. The first kappa shape index (κ1) is 25.0. The van der Waals surface area contributed by atoms with Crippen molar-refractivity contribution in [3.05, 3.63) is 87.9 Å². The molecule has 3 aromatic carbocycles. The lowest BCUT2D eigenvalue weighted by Gasteiger charge is -2.18. The maximum atomic E-state index is 13.3. The molecule has 0 spiro atoms. The van der Waals surface area contributed by atoms with Crippen molar-refractivity contribution >= 4 is 29.0 Å². The van der Waals surface area contributed by atoms with Crippen LogP contribution in [0.1, 0.15) is 42.0 Å². The third-order valence-electron chi connectivity index (χ3n) is 6.36. The van der Waals surface area contributed by atoms with E-state index in [2.05, 4.69) is 10.4 Å². The second-order valence-electron chi connectivity index (χ2n) is 9.85. The first-order valence-corrected chi connectivity index (χ1v) is 12.3. The van der Waals surface area contributed by atoms with Crippen LogP contribution in [-0.2, 0) is 6.42 Å². The van der Waals surface area contributed by atoms with Crippen molar-refractivity contribution in [2.45, 2.75) is 45.3 Å². The zero-order chi connectivity index (χ0) is 26.3. The van der Waals surface area contributed by atoms with Crippen molar-refractivity contribution in [2.75, 3.05) is 11.9 Å². The van der Waals surface area contributed by atoms with Crippen molar-refractivity contribution in [3.63, 3.8) is 0 Å². The van der Waals surface area contributed by atoms with Gasteiger partial charge in [0, 0.05) is 34.7 Å². The Hall–Kier alpha value is -3.65. The van der Waals surface area contributed by atoms with Gasteiger partial charge in [-0.3, -0.25) is 0 Å². The van der Waals surface area contributed by atoms with Gasteiger partial charge in [0.2, 0.25) is 0 Å². The van der Waals surface area contributed by atoms with E-state index in [0.29, 0.717) is 29.2 Å². The molecule has 0 radical (unpaired) electrons. The third-order valence-corrected chi connectivity index (χ3v) is 6.61. The molecule has 0 aliphatic carbocycles. The van der Waals surface area contributed by atoms with E-state index in [1.165, 1.54) is 11.1 Å². The number of halogens is 3. The number of alkyl halides is 2. The maximum absolute atomic E-state index is 13.3. The highest BCUT2D eigenvalue weighted by molar-refractivity contribution is 6.30. The molecule has 37 heavy (non-hydrogen) atoms. The summed E-state index contributed by atoms with van der Waals surface area (Å²) < 4.78 is 36.7. The smallest absolute Gasteiger partial charge is 0.387 e. The summed E-state index contributed by atoms with van der Waals surface area (Å²) in [5.41, 5.74) is 4.19. The van der Waals surface area contributed by atoms with E-state index in [-0.39, 0.29) is 17.4 Å². The Morgan fingerprint density at radius 1 is 1.16 bits per heavy atom. The van der Waals surface area contributed by atoms with Crippen LogP contribution in [0.5, 0.6) is 11.5 Å². The number of hydrogen-bond donors (Lipinski definition) is 1. The Morgan fingerprint density at radius 3 is 2.54 bits per heavy atom. The molecule has 2 heterocycles. The van der Waals surface area contributed by atoms with Crippen LogP contribution in [0.2, 0.25) is 5.02 Å². The number of benzene rings is 3. The molecule has 1 atom stereocenters. The fourth-order valence-corrected chi connectivity index (χ4v) is 4.82. The van der Waals surface area contributed by atoms with Crippen LogP contribution in [0, 0.1) is 6.92 Å². The normalized spacial score (nSPS) is 17.9. The summed E-state index contributed by atoms with van der Waals surface area (Å²) >= 11 is 6.09. The van der Waals surface area contributed by atoms with Gasteiger partial charge in [-0.25, -0.2) is 9.80 Å². The molecule has 3 aromatic rings. The lowest BCUT2D eigenvalue weighted by atomic mass is 9.90. The van der Waals surface area contributed by atoms with Gasteiger partial charge >= 0.3 is 12.6 Å². The standard InChI is InChI=1S/C28H26ClF2N3O3/c1-16-4-6-18(7-5-16)24-22(17-8-10-20(29)11-9-17)15-34(33-24)27(35)32-21-12-19-14-28(2,3)37-25(19)23(13-21)36-26(30)31/h4-13,22,26H,14-15H2,1-3H3,(H,32,35). The summed E-state index contributed by atoms with van der Waals surface area (Å²) in [5, 5.41) is 9.43. The lowest BCUT2D eigenvalue weighted by molar-refractivity contribution is -0.0522. The Bertz CT molecular complexity index is 1360. The number of ether oxygens (including phenoxy) is 2. The quantitative estimate of drug-likeness (QED) is 0.390. The number of amides is 2. The van der Waals surface area contributed by atoms with E-state index in [0.717, 1.165) is 22.4 Å². The number of carbonyl (C=O) groups is 1. The van der Waals surface area contributed by atoms with Crippen LogP contribution in [-0.4, -0.2) is 35.5 Å². The van der Waals surface area contributed by atoms with Crippen molar-refractivity contribution in [3.8, 4) is 11.5 Å².